The van der Waals surface area contributed by atoms with E-state index in [1.807, 2.05) is 0 Å². The highest BCUT2D eigenvalue weighted by molar-refractivity contribution is 5.75. The lowest BCUT2D eigenvalue weighted by atomic mass is 9.92. The quantitative estimate of drug-likeness (QED) is 0.562. The van der Waals surface area contributed by atoms with Crippen LogP contribution in [0.5, 0.6) is 0 Å². The van der Waals surface area contributed by atoms with Crippen molar-refractivity contribution in [2.24, 2.45) is 11.8 Å². The fraction of sp³-hybridized carbons (Fsp3) is 0.889. The lowest BCUT2D eigenvalue weighted by molar-refractivity contribution is -0.118. The summed E-state index contributed by atoms with van der Waals surface area (Å²) in [6.45, 7) is 3.89. The van der Waals surface area contributed by atoms with Gasteiger partial charge in [0.05, 0.1) is 12.2 Å². The Bertz CT molecular complexity index is 186. The summed E-state index contributed by atoms with van der Waals surface area (Å²) >= 11 is 0. The van der Waals surface area contributed by atoms with Gasteiger partial charge in [0.1, 0.15) is 5.78 Å². The Morgan fingerprint density at radius 3 is 2.82 bits per heavy atom. The molecule has 1 saturated heterocycles. The van der Waals surface area contributed by atoms with Crippen molar-refractivity contribution in [3.05, 3.63) is 0 Å². The second kappa shape index (κ2) is 2.31. The van der Waals surface area contributed by atoms with Gasteiger partial charge in [0, 0.05) is 6.42 Å². The van der Waals surface area contributed by atoms with Crippen LogP contribution in [0, 0.1) is 11.8 Å². The molecule has 4 atom stereocenters. The zero-order valence-corrected chi connectivity index (χ0v) is 7.04. The van der Waals surface area contributed by atoms with E-state index >= 15 is 0 Å². The van der Waals surface area contributed by atoms with E-state index in [1.165, 1.54) is 6.42 Å². The monoisotopic (exact) mass is 154 g/mol. The number of ketones is 1. The number of fused-ring (bicyclic) bond motifs is 1. The zero-order valence-electron chi connectivity index (χ0n) is 7.04. The predicted octanol–water partition coefficient (Wildman–Crippen LogP) is 1.39. The number of Topliss-reactive ketones (excluding diaryl/α,β-unsaturated/α-hetero) is 1. The minimum absolute atomic E-state index is 0.304. The summed E-state index contributed by atoms with van der Waals surface area (Å²) in [6.07, 6.45) is 2.84. The molecule has 0 aromatic rings. The summed E-state index contributed by atoms with van der Waals surface area (Å²) in [4.78, 5) is 10.9. The molecule has 1 saturated carbocycles. The van der Waals surface area contributed by atoms with Crippen LogP contribution >= 0.6 is 0 Å². The Hall–Kier alpha value is -0.370. The summed E-state index contributed by atoms with van der Waals surface area (Å²) in [7, 11) is 0. The van der Waals surface area contributed by atoms with E-state index in [2.05, 4.69) is 6.92 Å². The molecule has 2 aliphatic rings. The van der Waals surface area contributed by atoms with Crippen LogP contribution < -0.4 is 0 Å². The molecule has 2 fully saturated rings. The Labute approximate surface area is 66.9 Å². The lowest BCUT2D eigenvalue weighted by Gasteiger charge is -2.15. The Balaban J connectivity index is 1.96. The number of carbonyl (C=O) groups excluding carboxylic acids is 1. The third kappa shape index (κ3) is 1.20. The van der Waals surface area contributed by atoms with Crippen LogP contribution in [-0.4, -0.2) is 18.0 Å². The smallest absolute Gasteiger partial charge is 0.130 e. The highest BCUT2D eigenvalue weighted by Gasteiger charge is 2.53. The maximum Gasteiger partial charge on any atom is 0.130 e. The molecule has 4 unspecified atom stereocenters. The summed E-state index contributed by atoms with van der Waals surface area (Å²) in [5.41, 5.74) is 0. The molecule has 0 spiro atoms. The van der Waals surface area contributed by atoms with Gasteiger partial charge in [0.25, 0.3) is 0 Å². The van der Waals surface area contributed by atoms with Crippen LogP contribution in [0.1, 0.15) is 26.7 Å². The number of ether oxygens (including phenoxy) is 1. The van der Waals surface area contributed by atoms with Crippen molar-refractivity contribution in [3.8, 4) is 0 Å². The van der Waals surface area contributed by atoms with Crippen molar-refractivity contribution in [1.82, 2.24) is 0 Å². The SMILES string of the molecule is CC(=O)CC1C(C)CC2OC21. The molecule has 2 rings (SSSR count). The maximum atomic E-state index is 10.9. The van der Waals surface area contributed by atoms with Gasteiger partial charge < -0.3 is 9.53 Å². The summed E-state index contributed by atoms with van der Waals surface area (Å²) < 4.78 is 5.38. The molecular formula is C9H14O2. The van der Waals surface area contributed by atoms with Gasteiger partial charge in [-0.1, -0.05) is 6.92 Å². The maximum absolute atomic E-state index is 10.9. The number of carbonyl (C=O) groups is 1. The van der Waals surface area contributed by atoms with Gasteiger partial charge in [-0.3, -0.25) is 0 Å². The molecule has 1 aliphatic heterocycles. The topological polar surface area (TPSA) is 29.6 Å². The molecule has 0 N–H and O–H groups in total. The predicted molar refractivity (Wildman–Crippen MR) is 41.2 cm³/mol. The first-order chi connectivity index (χ1) is 5.18. The van der Waals surface area contributed by atoms with Gasteiger partial charge in [-0.2, -0.15) is 0 Å². The summed E-state index contributed by atoms with van der Waals surface area (Å²) in [5, 5.41) is 0. The van der Waals surface area contributed by atoms with E-state index in [4.69, 9.17) is 4.74 Å². The molecule has 2 nitrogen and oxygen atoms in total. The van der Waals surface area contributed by atoms with Gasteiger partial charge in [-0.25, -0.2) is 0 Å². The molecule has 1 aliphatic carbocycles. The molecule has 11 heavy (non-hydrogen) atoms. The fourth-order valence-corrected chi connectivity index (χ4v) is 2.24. The van der Waals surface area contributed by atoms with Crippen molar-refractivity contribution in [2.45, 2.75) is 38.9 Å². The van der Waals surface area contributed by atoms with Gasteiger partial charge in [0.15, 0.2) is 0 Å². The van der Waals surface area contributed by atoms with E-state index in [-0.39, 0.29) is 0 Å². The van der Waals surface area contributed by atoms with Gasteiger partial charge >= 0.3 is 0 Å². The van der Waals surface area contributed by atoms with E-state index in [0.29, 0.717) is 29.8 Å². The Morgan fingerprint density at radius 2 is 2.36 bits per heavy atom. The van der Waals surface area contributed by atoms with E-state index in [0.717, 1.165) is 6.42 Å². The normalized spacial score (nSPS) is 47.1. The second-order valence-corrected chi connectivity index (χ2v) is 3.92. The molecule has 0 aromatic heterocycles. The molecule has 0 amide bonds. The Morgan fingerprint density at radius 1 is 1.64 bits per heavy atom. The highest BCUT2D eigenvalue weighted by atomic mass is 16.6. The molecule has 0 radical (unpaired) electrons. The second-order valence-electron chi connectivity index (χ2n) is 3.92. The zero-order chi connectivity index (χ0) is 8.01. The molecule has 0 aromatic carbocycles. The fourth-order valence-electron chi connectivity index (χ4n) is 2.24. The van der Waals surface area contributed by atoms with Crippen molar-refractivity contribution >= 4 is 5.78 Å². The average Bonchev–Trinajstić information content (AvgIpc) is 2.56. The number of epoxide rings is 1. The minimum atomic E-state index is 0.304. The van der Waals surface area contributed by atoms with Gasteiger partial charge in [-0.05, 0) is 25.2 Å². The third-order valence-electron chi connectivity index (χ3n) is 2.90. The van der Waals surface area contributed by atoms with Crippen molar-refractivity contribution < 1.29 is 9.53 Å². The van der Waals surface area contributed by atoms with Crippen LogP contribution in [0.3, 0.4) is 0 Å². The van der Waals surface area contributed by atoms with E-state index in [9.17, 15) is 4.79 Å². The lowest BCUT2D eigenvalue weighted by Crippen LogP contribution is -2.15. The number of rotatable bonds is 2. The van der Waals surface area contributed by atoms with Crippen molar-refractivity contribution in [2.75, 3.05) is 0 Å². The van der Waals surface area contributed by atoms with Crippen LogP contribution in [0.25, 0.3) is 0 Å². The first-order valence-corrected chi connectivity index (χ1v) is 4.33. The van der Waals surface area contributed by atoms with Crippen LogP contribution in [0.2, 0.25) is 0 Å². The van der Waals surface area contributed by atoms with Crippen LogP contribution in [0.15, 0.2) is 0 Å². The summed E-state index contributed by atoms with van der Waals surface area (Å²) in [6, 6.07) is 0. The standard InChI is InChI=1S/C9H14O2/c1-5-3-8-9(11-8)7(5)4-6(2)10/h5,7-9H,3-4H2,1-2H3. The first kappa shape index (κ1) is 7.29. The third-order valence-corrected chi connectivity index (χ3v) is 2.90. The molecule has 62 valence electrons. The molecule has 2 heteroatoms. The van der Waals surface area contributed by atoms with Crippen molar-refractivity contribution in [1.29, 1.82) is 0 Å². The number of hydrogen-bond acceptors (Lipinski definition) is 2. The first-order valence-electron chi connectivity index (χ1n) is 4.33. The average molecular weight is 154 g/mol. The number of hydrogen-bond donors (Lipinski definition) is 0. The molecular weight excluding hydrogens is 140 g/mol. The van der Waals surface area contributed by atoms with E-state index in [1.54, 1.807) is 6.92 Å². The van der Waals surface area contributed by atoms with Gasteiger partial charge in [-0.15, -0.1) is 0 Å². The van der Waals surface area contributed by atoms with Crippen LogP contribution in [-0.2, 0) is 9.53 Å². The Kier molecular flexibility index (Phi) is 1.53. The largest absolute Gasteiger partial charge is 0.369 e. The van der Waals surface area contributed by atoms with Gasteiger partial charge in [0.2, 0.25) is 0 Å². The molecule has 0 bridgehead atoms. The van der Waals surface area contributed by atoms with Crippen LogP contribution in [0.4, 0.5) is 0 Å². The molecule has 1 heterocycles. The minimum Gasteiger partial charge on any atom is -0.369 e. The van der Waals surface area contributed by atoms with E-state index < -0.39 is 0 Å². The highest BCUT2D eigenvalue weighted by Crippen LogP contribution is 2.47. The van der Waals surface area contributed by atoms with Crippen molar-refractivity contribution in [3.63, 3.8) is 0 Å². The summed E-state index contributed by atoms with van der Waals surface area (Å²) in [5.74, 6) is 1.53.